The third kappa shape index (κ3) is 7.75. The normalized spacial score (nSPS) is 11.8. The third-order valence-electron chi connectivity index (χ3n) is 9.42. The van der Waals surface area contributed by atoms with E-state index >= 15 is 0 Å². The lowest BCUT2D eigenvalue weighted by Gasteiger charge is -2.31. The largest absolute Gasteiger partial charge is 0.491 e. The zero-order chi connectivity index (χ0) is 36.5. The van der Waals surface area contributed by atoms with Gasteiger partial charge in [-0.05, 0) is 134 Å². The molecule has 0 N–H and O–H groups in total. The molecule has 0 aromatic heterocycles. The molecule has 0 aliphatic carbocycles. The van der Waals surface area contributed by atoms with E-state index < -0.39 is 0 Å². The first kappa shape index (κ1) is 36.3. The molecule has 0 heterocycles. The molecule has 0 fully saturated rings. The second kappa shape index (κ2) is 14.1. The maximum absolute atomic E-state index is 13.3. The highest BCUT2D eigenvalue weighted by Crippen LogP contribution is 2.40. The average molecular weight is 667 g/mol. The maximum Gasteiger partial charge on any atom is 0.193 e. The number of carbonyl (C=O) groups is 2. The molecule has 5 rings (SSSR count). The fourth-order valence-electron chi connectivity index (χ4n) is 7.00. The molecular weight excluding hydrogens is 617 g/mol. The van der Waals surface area contributed by atoms with Gasteiger partial charge in [-0.15, -0.1) is 0 Å². The smallest absolute Gasteiger partial charge is 0.193 e. The minimum absolute atomic E-state index is 0.0614. The Bertz CT molecular complexity index is 1980. The van der Waals surface area contributed by atoms with E-state index in [2.05, 4.69) is 86.6 Å². The van der Waals surface area contributed by atoms with Gasteiger partial charge < -0.3 is 9.47 Å². The van der Waals surface area contributed by atoms with E-state index in [0.29, 0.717) is 28.0 Å². The fraction of sp³-hybridized carbons (Fsp3) is 0.304. The summed E-state index contributed by atoms with van der Waals surface area (Å²) in [6.07, 6.45) is 0.0614. The van der Waals surface area contributed by atoms with Crippen LogP contribution in [0.3, 0.4) is 0 Å². The molecule has 0 saturated carbocycles. The Morgan fingerprint density at radius 3 is 1.22 bits per heavy atom. The van der Waals surface area contributed by atoms with E-state index in [9.17, 15) is 9.59 Å². The van der Waals surface area contributed by atoms with Gasteiger partial charge in [-0.3, -0.25) is 9.59 Å². The van der Waals surface area contributed by atoms with Crippen molar-refractivity contribution in [1.29, 1.82) is 0 Å². The van der Waals surface area contributed by atoms with Gasteiger partial charge in [-0.2, -0.15) is 0 Å². The molecule has 0 aliphatic heterocycles. The number of hydrogen-bond donors (Lipinski definition) is 0. The molecule has 0 aliphatic rings. The predicted octanol–water partition coefficient (Wildman–Crippen LogP) is 11.6. The van der Waals surface area contributed by atoms with Crippen LogP contribution in [0.15, 0.2) is 97.1 Å². The summed E-state index contributed by atoms with van der Waals surface area (Å²) in [5, 5.41) is 0. The van der Waals surface area contributed by atoms with Crippen LogP contribution in [0, 0.1) is 27.7 Å². The van der Waals surface area contributed by atoms with Crippen LogP contribution in [0.5, 0.6) is 17.2 Å². The average Bonchev–Trinajstić information content (AvgIpc) is 3.05. The fourth-order valence-corrected chi connectivity index (χ4v) is 7.00. The topological polar surface area (TPSA) is 52.6 Å². The lowest BCUT2D eigenvalue weighted by molar-refractivity contribution is 0.102. The number of rotatable bonds is 10. The van der Waals surface area contributed by atoms with Crippen molar-refractivity contribution in [2.24, 2.45) is 0 Å². The molecule has 0 atom stereocenters. The van der Waals surface area contributed by atoms with Gasteiger partial charge in [0.25, 0.3) is 0 Å². The second-order valence-electron chi connectivity index (χ2n) is 15.4. The van der Waals surface area contributed by atoms with E-state index in [4.69, 9.17) is 9.47 Å². The minimum Gasteiger partial charge on any atom is -0.491 e. The Balaban J connectivity index is 1.28. The molecule has 4 heteroatoms. The Morgan fingerprint density at radius 1 is 0.520 bits per heavy atom. The number of ketones is 2. The summed E-state index contributed by atoms with van der Waals surface area (Å²) in [7, 11) is 0. The third-order valence-corrected chi connectivity index (χ3v) is 9.42. The van der Waals surface area contributed by atoms with Gasteiger partial charge in [0, 0.05) is 27.7 Å². The minimum atomic E-state index is -0.193. The molecule has 5 aromatic rings. The number of ether oxygens (including phenoxy) is 2. The Morgan fingerprint density at radius 2 is 0.860 bits per heavy atom. The van der Waals surface area contributed by atoms with Crippen molar-refractivity contribution < 1.29 is 19.1 Å². The Labute approximate surface area is 298 Å². The molecule has 0 amide bonds. The molecule has 4 nitrogen and oxygen atoms in total. The van der Waals surface area contributed by atoms with Crippen molar-refractivity contribution in [3.8, 4) is 17.2 Å². The molecule has 0 radical (unpaired) electrons. The predicted molar refractivity (Wildman–Crippen MR) is 205 cm³/mol. The Kier molecular flexibility index (Phi) is 10.3. The van der Waals surface area contributed by atoms with Crippen LogP contribution in [-0.2, 0) is 10.8 Å². The van der Waals surface area contributed by atoms with Gasteiger partial charge in [0.2, 0.25) is 0 Å². The highest BCUT2D eigenvalue weighted by atomic mass is 16.5. The van der Waals surface area contributed by atoms with Crippen molar-refractivity contribution >= 4 is 11.6 Å². The monoisotopic (exact) mass is 666 g/mol. The highest BCUT2D eigenvalue weighted by molar-refractivity contribution is 6.11. The van der Waals surface area contributed by atoms with Crippen LogP contribution in [0.4, 0.5) is 0 Å². The van der Waals surface area contributed by atoms with Crippen LogP contribution < -0.4 is 9.47 Å². The first-order valence-electron chi connectivity index (χ1n) is 17.4. The van der Waals surface area contributed by atoms with E-state index in [0.717, 1.165) is 22.6 Å². The van der Waals surface area contributed by atoms with Crippen molar-refractivity contribution in [3.63, 3.8) is 0 Å². The number of carbonyl (C=O) groups excluding carboxylic acids is 2. The summed E-state index contributed by atoms with van der Waals surface area (Å²) in [5.41, 5.74) is 10.8. The first-order chi connectivity index (χ1) is 23.4. The molecule has 258 valence electrons. The molecule has 0 spiro atoms. The van der Waals surface area contributed by atoms with E-state index in [1.54, 1.807) is 60.7 Å². The molecule has 5 aromatic carbocycles. The quantitative estimate of drug-likeness (QED) is 0.139. The lowest BCUT2D eigenvalue weighted by Crippen LogP contribution is -2.22. The summed E-state index contributed by atoms with van der Waals surface area (Å²) in [6.45, 7) is 24.0. The van der Waals surface area contributed by atoms with Crippen LogP contribution in [-0.4, -0.2) is 17.7 Å². The van der Waals surface area contributed by atoms with Crippen molar-refractivity contribution in [3.05, 3.63) is 158 Å². The second-order valence-corrected chi connectivity index (χ2v) is 15.4. The van der Waals surface area contributed by atoms with Gasteiger partial charge in [-0.25, -0.2) is 0 Å². The van der Waals surface area contributed by atoms with Crippen LogP contribution in [0.1, 0.15) is 119 Å². The van der Waals surface area contributed by atoms with Crippen LogP contribution >= 0.6 is 0 Å². The Hall–Kier alpha value is -4.96. The van der Waals surface area contributed by atoms with Crippen molar-refractivity contribution in [2.45, 2.75) is 93.1 Å². The lowest BCUT2D eigenvalue weighted by atomic mass is 9.73. The zero-order valence-electron chi connectivity index (χ0n) is 31.4. The molecule has 50 heavy (non-hydrogen) atoms. The summed E-state index contributed by atoms with van der Waals surface area (Å²) in [4.78, 5) is 26.3. The van der Waals surface area contributed by atoms with Crippen molar-refractivity contribution in [2.75, 3.05) is 0 Å². The number of benzene rings is 5. The summed E-state index contributed by atoms with van der Waals surface area (Å²) in [6, 6.07) is 30.3. The van der Waals surface area contributed by atoms with Gasteiger partial charge in [0.05, 0.1) is 6.10 Å². The summed E-state index contributed by atoms with van der Waals surface area (Å²) >= 11 is 0. The van der Waals surface area contributed by atoms with Gasteiger partial charge >= 0.3 is 0 Å². The number of hydrogen-bond acceptors (Lipinski definition) is 4. The molecule has 0 unspecified atom stereocenters. The van der Waals surface area contributed by atoms with Gasteiger partial charge in [-0.1, -0.05) is 83.1 Å². The summed E-state index contributed by atoms with van der Waals surface area (Å²) in [5.74, 6) is 1.98. The summed E-state index contributed by atoms with van der Waals surface area (Å²) < 4.78 is 12.1. The van der Waals surface area contributed by atoms with Gasteiger partial charge in [0.1, 0.15) is 17.2 Å². The number of aryl methyl sites for hydroxylation is 4. The highest BCUT2D eigenvalue weighted by Gasteiger charge is 2.28. The van der Waals surface area contributed by atoms with Crippen molar-refractivity contribution in [1.82, 2.24) is 0 Å². The maximum atomic E-state index is 13.3. The molecule has 0 bridgehead atoms. The first-order valence-corrected chi connectivity index (χ1v) is 17.4. The van der Waals surface area contributed by atoms with E-state index in [1.165, 1.54) is 27.8 Å². The molecular formula is C46H50O4. The van der Waals surface area contributed by atoms with Crippen LogP contribution in [0.2, 0.25) is 0 Å². The molecule has 0 saturated heterocycles. The van der Waals surface area contributed by atoms with E-state index in [1.807, 2.05) is 26.0 Å². The van der Waals surface area contributed by atoms with E-state index in [-0.39, 0.29) is 28.5 Å². The SMILES string of the molecule is Cc1cc(C(C)(C)c2cc(C)c(C(C)(C)C)c(C)c2)cc(C)c1Oc1ccc(C(=O)c2ccc(C(=O)c3ccc(OC(C)C)cc3)cc2)cc1. The standard InChI is InChI=1S/C46H50O4/c1-28(2)49-39-20-16-35(17-21-39)42(47)33-12-14-34(15-13-33)43(48)36-18-22-40(23-19-36)50-44-31(5)26-38(27-32(44)6)46(10,11)37-24-29(3)41(30(4)25-37)45(7,8)9/h12-28H,1-11H3. The zero-order valence-corrected chi connectivity index (χ0v) is 31.4. The van der Waals surface area contributed by atoms with Gasteiger partial charge in [0.15, 0.2) is 11.6 Å². The van der Waals surface area contributed by atoms with Crippen LogP contribution in [0.25, 0.3) is 0 Å².